The lowest BCUT2D eigenvalue weighted by Gasteiger charge is -2.41. The molecule has 2 aromatic rings. The van der Waals surface area contributed by atoms with Crippen LogP contribution in [0.25, 0.3) is 0 Å². The molecule has 2 amide bonds. The molecule has 1 aliphatic heterocycles. The second-order valence-corrected chi connectivity index (χ2v) is 6.70. The smallest absolute Gasteiger partial charge is 0.316 e. The van der Waals surface area contributed by atoms with Crippen molar-refractivity contribution >= 4 is 23.3 Å². The van der Waals surface area contributed by atoms with Crippen molar-refractivity contribution in [1.29, 1.82) is 0 Å². The van der Waals surface area contributed by atoms with Gasteiger partial charge in [0.2, 0.25) is 0 Å². The fourth-order valence-corrected chi connectivity index (χ4v) is 3.20. The third-order valence-corrected chi connectivity index (χ3v) is 4.85. The molecule has 0 aromatic heterocycles. The van der Waals surface area contributed by atoms with E-state index < -0.39 is 23.6 Å². The minimum Gasteiger partial charge on any atom is -0.316 e. The van der Waals surface area contributed by atoms with Crippen molar-refractivity contribution in [2.45, 2.75) is 25.6 Å². The second-order valence-electron chi connectivity index (χ2n) is 6.30. The van der Waals surface area contributed by atoms with Crippen LogP contribution in [0.2, 0.25) is 5.02 Å². The van der Waals surface area contributed by atoms with Gasteiger partial charge >= 0.3 is 12.2 Å². The number of allylic oxidation sites excluding steroid dienone is 1. The van der Waals surface area contributed by atoms with Crippen molar-refractivity contribution in [3.05, 3.63) is 76.2 Å². The zero-order valence-electron chi connectivity index (χ0n) is 14.4. The number of benzene rings is 2. The standard InChI is InChI=1S/C19H15ClF4N2O/c1-11-3-8-15(9-16(11)20)26-12(2)10-18(19(22,23)24,25-17(26)27)13-4-6-14(21)7-5-13/h3-10H,1-2H3,(H,25,27)/t18-/m0/s1. The van der Waals surface area contributed by atoms with E-state index in [1.54, 1.807) is 19.1 Å². The van der Waals surface area contributed by atoms with Crippen LogP contribution in [-0.2, 0) is 5.54 Å². The maximum atomic E-state index is 14.0. The van der Waals surface area contributed by atoms with Gasteiger partial charge in [0.1, 0.15) is 5.82 Å². The summed E-state index contributed by atoms with van der Waals surface area (Å²) in [5, 5.41) is 2.43. The molecule has 0 bridgehead atoms. The molecule has 0 spiro atoms. The zero-order chi connectivity index (χ0) is 20.0. The van der Waals surface area contributed by atoms with E-state index in [9.17, 15) is 22.4 Å². The van der Waals surface area contributed by atoms with Crippen molar-refractivity contribution in [2.24, 2.45) is 0 Å². The first-order chi connectivity index (χ1) is 12.5. The number of aryl methyl sites for hydroxylation is 1. The third-order valence-electron chi connectivity index (χ3n) is 4.45. The van der Waals surface area contributed by atoms with Gasteiger partial charge in [0.05, 0.1) is 5.69 Å². The monoisotopic (exact) mass is 398 g/mol. The average Bonchev–Trinajstić information content (AvgIpc) is 2.57. The number of anilines is 1. The number of nitrogens with one attached hydrogen (secondary N) is 1. The topological polar surface area (TPSA) is 32.3 Å². The van der Waals surface area contributed by atoms with Gasteiger partial charge in [-0.1, -0.05) is 29.8 Å². The Morgan fingerprint density at radius 2 is 1.70 bits per heavy atom. The second kappa shape index (κ2) is 6.56. The number of hydrogen-bond acceptors (Lipinski definition) is 1. The molecule has 1 heterocycles. The lowest BCUT2D eigenvalue weighted by Crippen LogP contribution is -2.61. The van der Waals surface area contributed by atoms with E-state index in [1.807, 2.05) is 5.32 Å². The van der Waals surface area contributed by atoms with Gasteiger partial charge in [-0.25, -0.2) is 9.18 Å². The summed E-state index contributed by atoms with van der Waals surface area (Å²) >= 11 is 6.07. The fourth-order valence-electron chi connectivity index (χ4n) is 3.03. The van der Waals surface area contributed by atoms with Crippen LogP contribution in [0.3, 0.4) is 0 Å². The van der Waals surface area contributed by atoms with Crippen LogP contribution in [0.1, 0.15) is 18.1 Å². The van der Waals surface area contributed by atoms with Gasteiger partial charge in [-0.2, -0.15) is 13.2 Å². The molecule has 2 aromatic carbocycles. The van der Waals surface area contributed by atoms with E-state index in [-0.39, 0.29) is 11.3 Å². The highest BCUT2D eigenvalue weighted by atomic mass is 35.5. The van der Waals surface area contributed by atoms with Crippen LogP contribution in [0.4, 0.5) is 28.0 Å². The van der Waals surface area contributed by atoms with Crippen LogP contribution < -0.4 is 10.2 Å². The average molecular weight is 399 g/mol. The Labute approximate surface area is 158 Å². The van der Waals surface area contributed by atoms with E-state index >= 15 is 0 Å². The Hall–Kier alpha value is -2.54. The molecule has 27 heavy (non-hydrogen) atoms. The van der Waals surface area contributed by atoms with Crippen molar-refractivity contribution in [2.75, 3.05) is 4.90 Å². The summed E-state index contributed by atoms with van der Waals surface area (Å²) in [7, 11) is 0. The molecule has 1 atom stereocenters. The van der Waals surface area contributed by atoms with E-state index in [0.717, 1.165) is 40.8 Å². The van der Waals surface area contributed by atoms with E-state index in [1.165, 1.54) is 13.0 Å². The predicted octanol–water partition coefficient (Wildman–Crippen LogP) is 5.68. The molecular formula is C19H15ClF4N2O. The molecule has 3 rings (SSSR count). The highest BCUT2D eigenvalue weighted by Gasteiger charge is 2.58. The van der Waals surface area contributed by atoms with Gasteiger partial charge in [0.25, 0.3) is 0 Å². The van der Waals surface area contributed by atoms with Crippen molar-refractivity contribution in [3.63, 3.8) is 0 Å². The Morgan fingerprint density at radius 1 is 1.07 bits per heavy atom. The number of hydrogen-bond donors (Lipinski definition) is 1. The Kier molecular flexibility index (Phi) is 4.67. The maximum absolute atomic E-state index is 14.0. The molecule has 0 saturated carbocycles. The van der Waals surface area contributed by atoms with Crippen LogP contribution in [0, 0.1) is 12.7 Å². The summed E-state index contributed by atoms with van der Waals surface area (Å²) in [6.07, 6.45) is -3.92. The first-order valence-corrected chi connectivity index (χ1v) is 8.33. The molecule has 142 valence electrons. The Morgan fingerprint density at radius 3 is 2.22 bits per heavy atom. The molecule has 0 aliphatic carbocycles. The van der Waals surface area contributed by atoms with Gasteiger partial charge < -0.3 is 5.32 Å². The Balaban J connectivity index is 2.14. The number of nitrogens with zero attached hydrogens (tertiary/aromatic N) is 1. The number of amides is 2. The normalized spacial score (nSPS) is 20.3. The van der Waals surface area contributed by atoms with E-state index in [4.69, 9.17) is 11.6 Å². The number of carbonyl (C=O) groups excluding carboxylic acids is 1. The van der Waals surface area contributed by atoms with Crippen LogP contribution >= 0.6 is 11.6 Å². The minimum absolute atomic E-state index is 0.0697. The number of alkyl halides is 3. The maximum Gasteiger partial charge on any atom is 0.419 e. The molecule has 1 aliphatic rings. The SMILES string of the molecule is CC1=C[C@](c2ccc(F)cc2)(C(F)(F)F)NC(=O)N1c1ccc(C)c(Cl)c1. The van der Waals surface area contributed by atoms with Gasteiger partial charge in [-0.05, 0) is 55.3 Å². The quantitative estimate of drug-likeness (QED) is 0.649. The molecule has 0 unspecified atom stereocenters. The minimum atomic E-state index is -4.83. The first-order valence-electron chi connectivity index (χ1n) is 7.96. The largest absolute Gasteiger partial charge is 0.419 e. The molecule has 8 heteroatoms. The summed E-state index contributed by atoms with van der Waals surface area (Å²) in [5.74, 6) is -0.671. The summed E-state index contributed by atoms with van der Waals surface area (Å²) < 4.78 is 55.1. The number of halogens is 5. The molecule has 0 radical (unpaired) electrons. The van der Waals surface area contributed by atoms with Gasteiger partial charge in [-0.15, -0.1) is 0 Å². The number of carbonyl (C=O) groups is 1. The molecular weight excluding hydrogens is 384 g/mol. The van der Waals surface area contributed by atoms with Gasteiger partial charge in [0, 0.05) is 10.7 Å². The van der Waals surface area contributed by atoms with Crippen molar-refractivity contribution in [3.8, 4) is 0 Å². The van der Waals surface area contributed by atoms with Crippen LogP contribution in [0.5, 0.6) is 0 Å². The predicted molar refractivity (Wildman–Crippen MR) is 95.1 cm³/mol. The summed E-state index contributed by atoms with van der Waals surface area (Å²) in [4.78, 5) is 13.8. The third kappa shape index (κ3) is 3.27. The summed E-state index contributed by atoms with van der Waals surface area (Å²) in [6, 6.07) is 7.66. The van der Waals surface area contributed by atoms with Gasteiger partial charge in [0.15, 0.2) is 5.54 Å². The number of urea groups is 1. The van der Waals surface area contributed by atoms with Crippen LogP contribution in [0.15, 0.2) is 54.2 Å². The molecule has 3 nitrogen and oxygen atoms in total. The van der Waals surface area contributed by atoms with Gasteiger partial charge in [-0.3, -0.25) is 4.90 Å². The van der Waals surface area contributed by atoms with E-state index in [2.05, 4.69) is 0 Å². The highest BCUT2D eigenvalue weighted by molar-refractivity contribution is 6.31. The summed E-state index contributed by atoms with van der Waals surface area (Å²) in [6.45, 7) is 3.17. The highest BCUT2D eigenvalue weighted by Crippen LogP contribution is 2.44. The molecule has 0 saturated heterocycles. The Bertz CT molecular complexity index is 924. The van der Waals surface area contributed by atoms with E-state index in [0.29, 0.717) is 10.7 Å². The fraction of sp³-hybridized carbons (Fsp3) is 0.211. The van der Waals surface area contributed by atoms with Crippen molar-refractivity contribution in [1.82, 2.24) is 5.32 Å². The zero-order valence-corrected chi connectivity index (χ0v) is 15.1. The molecule has 1 N–H and O–H groups in total. The molecule has 0 fully saturated rings. The number of rotatable bonds is 2. The lowest BCUT2D eigenvalue weighted by molar-refractivity contribution is -0.182. The van der Waals surface area contributed by atoms with Crippen molar-refractivity contribution < 1.29 is 22.4 Å². The summed E-state index contributed by atoms with van der Waals surface area (Å²) in [5.41, 5.74) is -1.86. The lowest BCUT2D eigenvalue weighted by atomic mass is 9.86. The van der Waals surface area contributed by atoms with Crippen LogP contribution in [-0.4, -0.2) is 12.2 Å². The first kappa shape index (κ1) is 19.2.